The van der Waals surface area contributed by atoms with Gasteiger partial charge in [0.25, 0.3) is 5.69 Å². The molecule has 0 radical (unpaired) electrons. The average molecular weight is 267 g/mol. The van der Waals surface area contributed by atoms with Crippen molar-refractivity contribution >= 4 is 23.1 Å². The van der Waals surface area contributed by atoms with Gasteiger partial charge in [0.1, 0.15) is 0 Å². The monoisotopic (exact) mass is 267 g/mol. The predicted octanol–water partition coefficient (Wildman–Crippen LogP) is 2.12. The lowest BCUT2D eigenvalue weighted by atomic mass is 10.1. The number of nitro benzene ring substituents is 1. The summed E-state index contributed by atoms with van der Waals surface area (Å²) in [5.74, 6) is 2.32. The number of non-ortho nitro benzene ring substituents is 1. The third kappa shape index (κ3) is 3.36. The Labute approximate surface area is 110 Å². The molecular formula is C12H17N3O2S. The summed E-state index contributed by atoms with van der Waals surface area (Å²) in [7, 11) is 0. The van der Waals surface area contributed by atoms with Crippen molar-refractivity contribution in [3.63, 3.8) is 0 Å². The molecule has 0 bridgehead atoms. The van der Waals surface area contributed by atoms with E-state index in [9.17, 15) is 10.1 Å². The van der Waals surface area contributed by atoms with Crippen molar-refractivity contribution in [1.29, 1.82) is 0 Å². The zero-order chi connectivity index (χ0) is 13.0. The molecule has 0 aliphatic carbocycles. The van der Waals surface area contributed by atoms with Gasteiger partial charge in [0.15, 0.2) is 0 Å². The summed E-state index contributed by atoms with van der Waals surface area (Å²) >= 11 is 1.96. The first kappa shape index (κ1) is 13.2. The van der Waals surface area contributed by atoms with Gasteiger partial charge in [-0.25, -0.2) is 0 Å². The first-order chi connectivity index (χ1) is 8.66. The van der Waals surface area contributed by atoms with Crippen molar-refractivity contribution in [3.05, 3.63) is 33.9 Å². The van der Waals surface area contributed by atoms with Gasteiger partial charge in [0, 0.05) is 36.7 Å². The number of nitrogens with two attached hydrogens (primary N) is 1. The van der Waals surface area contributed by atoms with Crippen molar-refractivity contribution in [2.45, 2.75) is 13.0 Å². The molecule has 1 aliphatic rings. The SMILES string of the molecule is Nc1ccc([N+](=O)[O-])cc1CN1CCCSCC1. The summed E-state index contributed by atoms with van der Waals surface area (Å²) in [6.07, 6.45) is 1.17. The number of nitrogens with zero attached hydrogens (tertiary/aromatic N) is 2. The zero-order valence-electron chi connectivity index (χ0n) is 10.2. The van der Waals surface area contributed by atoms with Crippen LogP contribution in [-0.4, -0.2) is 34.4 Å². The van der Waals surface area contributed by atoms with E-state index >= 15 is 0 Å². The smallest absolute Gasteiger partial charge is 0.269 e. The van der Waals surface area contributed by atoms with Crippen LogP contribution in [0, 0.1) is 10.1 Å². The number of thioether (sulfide) groups is 1. The van der Waals surface area contributed by atoms with Gasteiger partial charge in [0.2, 0.25) is 0 Å². The summed E-state index contributed by atoms with van der Waals surface area (Å²) in [5.41, 5.74) is 7.50. The number of hydrogen-bond donors (Lipinski definition) is 1. The Bertz CT molecular complexity index is 431. The summed E-state index contributed by atoms with van der Waals surface area (Å²) in [4.78, 5) is 12.7. The Morgan fingerprint density at radius 1 is 1.39 bits per heavy atom. The molecule has 1 fully saturated rings. The third-order valence-corrected chi connectivity index (χ3v) is 4.09. The Morgan fingerprint density at radius 2 is 2.22 bits per heavy atom. The molecule has 0 aromatic heterocycles. The second-order valence-electron chi connectivity index (χ2n) is 4.38. The molecule has 1 aromatic carbocycles. The van der Waals surface area contributed by atoms with Crippen LogP contribution >= 0.6 is 11.8 Å². The first-order valence-electron chi connectivity index (χ1n) is 6.00. The van der Waals surface area contributed by atoms with Crippen LogP contribution in [0.25, 0.3) is 0 Å². The minimum absolute atomic E-state index is 0.114. The topological polar surface area (TPSA) is 72.4 Å². The molecule has 6 heteroatoms. The zero-order valence-corrected chi connectivity index (χ0v) is 11.0. The van der Waals surface area contributed by atoms with E-state index in [1.807, 2.05) is 11.8 Å². The predicted molar refractivity (Wildman–Crippen MR) is 74.7 cm³/mol. The Hall–Kier alpha value is -1.27. The summed E-state index contributed by atoms with van der Waals surface area (Å²) < 4.78 is 0. The minimum Gasteiger partial charge on any atom is -0.398 e. The Morgan fingerprint density at radius 3 is 3.00 bits per heavy atom. The van der Waals surface area contributed by atoms with E-state index in [4.69, 9.17) is 5.73 Å². The largest absolute Gasteiger partial charge is 0.398 e. The van der Waals surface area contributed by atoms with E-state index in [2.05, 4.69) is 4.90 Å². The van der Waals surface area contributed by atoms with Crippen molar-refractivity contribution < 1.29 is 4.92 Å². The Kier molecular flexibility index (Phi) is 4.43. The standard InChI is InChI=1S/C12H17N3O2S/c13-12-3-2-11(15(16)17)8-10(12)9-14-4-1-6-18-7-5-14/h2-3,8H,1,4-7,9,13H2. The highest BCUT2D eigenvalue weighted by molar-refractivity contribution is 7.99. The van der Waals surface area contributed by atoms with Gasteiger partial charge in [-0.15, -0.1) is 0 Å². The number of nitro groups is 1. The maximum absolute atomic E-state index is 10.8. The van der Waals surface area contributed by atoms with E-state index in [0.29, 0.717) is 12.2 Å². The molecule has 0 saturated carbocycles. The van der Waals surface area contributed by atoms with Gasteiger partial charge in [-0.05, 0) is 30.3 Å². The van der Waals surface area contributed by atoms with Gasteiger partial charge in [-0.1, -0.05) is 0 Å². The van der Waals surface area contributed by atoms with Crippen LogP contribution in [0.3, 0.4) is 0 Å². The van der Waals surface area contributed by atoms with Crippen molar-refractivity contribution in [2.24, 2.45) is 0 Å². The van der Waals surface area contributed by atoms with Crippen molar-refractivity contribution in [3.8, 4) is 0 Å². The van der Waals surface area contributed by atoms with E-state index < -0.39 is 0 Å². The lowest BCUT2D eigenvalue weighted by Gasteiger charge is -2.20. The highest BCUT2D eigenvalue weighted by atomic mass is 32.2. The fourth-order valence-corrected chi connectivity index (χ4v) is 2.96. The second kappa shape index (κ2) is 6.06. The number of anilines is 1. The number of nitrogen functional groups attached to an aromatic ring is 1. The molecule has 1 saturated heterocycles. The highest BCUT2D eigenvalue weighted by Crippen LogP contribution is 2.22. The second-order valence-corrected chi connectivity index (χ2v) is 5.61. The van der Waals surface area contributed by atoms with Gasteiger partial charge >= 0.3 is 0 Å². The number of hydrogen-bond acceptors (Lipinski definition) is 5. The van der Waals surface area contributed by atoms with Crippen LogP contribution in [0.2, 0.25) is 0 Å². The van der Waals surface area contributed by atoms with Crippen LogP contribution in [0.5, 0.6) is 0 Å². The molecule has 2 rings (SSSR count). The minimum atomic E-state index is -0.374. The normalized spacial score (nSPS) is 17.3. The van der Waals surface area contributed by atoms with Gasteiger partial charge in [-0.2, -0.15) is 11.8 Å². The molecule has 0 unspecified atom stereocenters. The maximum atomic E-state index is 10.8. The van der Waals surface area contributed by atoms with E-state index in [0.717, 1.165) is 24.4 Å². The van der Waals surface area contributed by atoms with Gasteiger partial charge in [0.05, 0.1) is 4.92 Å². The summed E-state index contributed by atoms with van der Waals surface area (Å²) in [6, 6.07) is 4.67. The lowest BCUT2D eigenvalue weighted by molar-refractivity contribution is -0.384. The molecule has 0 amide bonds. The van der Waals surface area contributed by atoms with Crippen molar-refractivity contribution in [2.75, 3.05) is 30.3 Å². The third-order valence-electron chi connectivity index (χ3n) is 3.05. The van der Waals surface area contributed by atoms with Crippen molar-refractivity contribution in [1.82, 2.24) is 4.90 Å². The van der Waals surface area contributed by atoms with E-state index in [1.54, 1.807) is 12.1 Å². The van der Waals surface area contributed by atoms with Crippen LogP contribution < -0.4 is 5.73 Å². The molecule has 18 heavy (non-hydrogen) atoms. The summed E-state index contributed by atoms with van der Waals surface area (Å²) in [5, 5.41) is 10.8. The molecule has 0 spiro atoms. The molecule has 5 nitrogen and oxygen atoms in total. The molecule has 1 aromatic rings. The van der Waals surface area contributed by atoms with Crippen LogP contribution in [0.15, 0.2) is 18.2 Å². The Balaban J connectivity index is 2.11. The molecule has 98 valence electrons. The number of benzene rings is 1. The highest BCUT2D eigenvalue weighted by Gasteiger charge is 2.14. The number of rotatable bonds is 3. The molecule has 2 N–H and O–H groups in total. The summed E-state index contributed by atoms with van der Waals surface area (Å²) in [6.45, 7) is 2.76. The lowest BCUT2D eigenvalue weighted by Crippen LogP contribution is -2.25. The molecular weight excluding hydrogens is 250 g/mol. The van der Waals surface area contributed by atoms with E-state index in [-0.39, 0.29) is 10.6 Å². The van der Waals surface area contributed by atoms with Crippen LogP contribution in [0.4, 0.5) is 11.4 Å². The quantitative estimate of drug-likeness (QED) is 0.516. The maximum Gasteiger partial charge on any atom is 0.269 e. The average Bonchev–Trinajstić information content (AvgIpc) is 2.60. The van der Waals surface area contributed by atoms with Gasteiger partial charge in [-0.3, -0.25) is 15.0 Å². The fourth-order valence-electron chi connectivity index (χ4n) is 2.04. The van der Waals surface area contributed by atoms with E-state index in [1.165, 1.54) is 18.2 Å². The van der Waals surface area contributed by atoms with Crippen LogP contribution in [0.1, 0.15) is 12.0 Å². The molecule has 1 heterocycles. The van der Waals surface area contributed by atoms with Gasteiger partial charge < -0.3 is 5.73 Å². The van der Waals surface area contributed by atoms with Crippen LogP contribution in [-0.2, 0) is 6.54 Å². The molecule has 0 atom stereocenters. The molecule has 1 aliphatic heterocycles. The fraction of sp³-hybridized carbons (Fsp3) is 0.500. The first-order valence-corrected chi connectivity index (χ1v) is 7.15.